The zero-order valence-electron chi connectivity index (χ0n) is 25.8. The van der Waals surface area contributed by atoms with Crippen molar-refractivity contribution in [2.45, 2.75) is 24.7 Å². The zero-order valence-corrected chi connectivity index (χ0v) is 26.5. The van der Waals surface area contributed by atoms with Crippen LogP contribution in [0.4, 0.5) is 18.9 Å². The van der Waals surface area contributed by atoms with Crippen molar-refractivity contribution in [1.29, 1.82) is 0 Å². The average molecular weight is 688 g/mol. The molecule has 3 amide bonds. The number of rotatable bonds is 6. The highest BCUT2D eigenvalue weighted by Crippen LogP contribution is 2.36. The van der Waals surface area contributed by atoms with E-state index in [1.165, 1.54) is 36.7 Å². The van der Waals surface area contributed by atoms with Gasteiger partial charge in [-0.2, -0.15) is 18.3 Å². The SMILES string of the molecule is C[N+]1(C)CC[C@H](O)[C@H]1C(=O)N1CCN(C(=O)c2ccc(NC(=O)c3ncc(-c4cn(-c5ncccn5)nc4C(F)(F)F)[nH]3)cc2Cl)CC1. The number of anilines is 1. The van der Waals surface area contributed by atoms with E-state index >= 15 is 0 Å². The first-order valence-electron chi connectivity index (χ1n) is 14.9. The first-order chi connectivity index (χ1) is 22.7. The summed E-state index contributed by atoms with van der Waals surface area (Å²) in [5.74, 6) is -1.60. The number of likely N-dealkylation sites (tertiary alicyclic amines) is 1. The van der Waals surface area contributed by atoms with Crippen molar-refractivity contribution >= 4 is 35.0 Å². The van der Waals surface area contributed by atoms with E-state index in [4.69, 9.17) is 11.6 Å². The number of aromatic nitrogens is 6. The fourth-order valence-electron chi connectivity index (χ4n) is 6.00. The van der Waals surface area contributed by atoms with Crippen LogP contribution < -0.4 is 5.32 Å². The van der Waals surface area contributed by atoms with Crippen molar-refractivity contribution in [3.05, 3.63) is 71.2 Å². The molecule has 0 bridgehead atoms. The normalized spacial score (nSPS) is 19.4. The van der Waals surface area contributed by atoms with Crippen LogP contribution in [-0.2, 0) is 11.0 Å². The Morgan fingerprint density at radius 1 is 1.06 bits per heavy atom. The predicted molar refractivity (Wildman–Crippen MR) is 165 cm³/mol. The molecule has 2 aliphatic heterocycles. The first kappa shape index (κ1) is 33.0. The minimum atomic E-state index is -4.82. The number of hydrogen-bond acceptors (Lipinski definition) is 8. The number of likely N-dealkylation sites (N-methyl/N-ethyl adjacent to an activating group) is 1. The Labute approximate surface area is 276 Å². The molecule has 0 spiro atoms. The standard InChI is InChI=1S/C30H30ClF3N10O4/c1-44(2)13-6-22(45)23(44)28(48)42-11-9-41(10-12-42)27(47)18-5-4-17(14-20(18)31)38-26(46)25-37-15-21(39-25)19-16-43(29-35-7-3-8-36-29)40-24(19)30(32,33)34/h3-5,7-8,14-16,22-23,45H,6,9-13H2,1-2H3,(H-,37,38,39,46,47)/p+1/t22-,23-/m0/s1. The Hall–Kier alpha value is -4.87. The van der Waals surface area contributed by atoms with E-state index in [0.29, 0.717) is 30.5 Å². The molecule has 0 saturated carbocycles. The molecule has 0 aliphatic carbocycles. The number of quaternary nitrogens is 1. The van der Waals surface area contributed by atoms with Crippen LogP contribution in [-0.4, -0.2) is 126 Å². The molecule has 3 aromatic heterocycles. The predicted octanol–water partition coefficient (Wildman–Crippen LogP) is 2.47. The zero-order chi connectivity index (χ0) is 34.4. The summed E-state index contributed by atoms with van der Waals surface area (Å²) < 4.78 is 42.7. The summed E-state index contributed by atoms with van der Waals surface area (Å²) in [4.78, 5) is 57.0. The molecule has 2 fully saturated rings. The van der Waals surface area contributed by atoms with Crippen LogP contribution in [0.5, 0.6) is 0 Å². The van der Waals surface area contributed by atoms with Crippen LogP contribution in [0.3, 0.4) is 0 Å². The van der Waals surface area contributed by atoms with Crippen LogP contribution in [0, 0.1) is 0 Å². The quantitative estimate of drug-likeness (QED) is 0.261. The van der Waals surface area contributed by atoms with Gasteiger partial charge < -0.3 is 29.7 Å². The number of halogens is 4. The van der Waals surface area contributed by atoms with Crippen molar-refractivity contribution in [2.75, 3.05) is 52.1 Å². The number of hydrogen-bond donors (Lipinski definition) is 3. The summed E-state index contributed by atoms with van der Waals surface area (Å²) in [6.45, 7) is 1.90. The molecule has 1 aromatic carbocycles. The molecule has 4 aromatic rings. The first-order valence-corrected chi connectivity index (χ1v) is 15.3. The van der Waals surface area contributed by atoms with E-state index in [1.54, 1.807) is 9.80 Å². The van der Waals surface area contributed by atoms with E-state index in [-0.39, 0.29) is 64.2 Å². The van der Waals surface area contributed by atoms with E-state index in [0.717, 1.165) is 17.1 Å². The van der Waals surface area contributed by atoms with Gasteiger partial charge in [0, 0.05) is 56.9 Å². The summed E-state index contributed by atoms with van der Waals surface area (Å²) in [7, 11) is 3.84. The van der Waals surface area contributed by atoms with E-state index in [2.05, 4.69) is 30.4 Å². The molecule has 0 radical (unpaired) electrons. The highest BCUT2D eigenvalue weighted by Gasteiger charge is 2.48. The fourth-order valence-corrected chi connectivity index (χ4v) is 6.26. The molecule has 2 saturated heterocycles. The maximum atomic E-state index is 13.8. The minimum absolute atomic E-state index is 0.0648. The molecule has 2 atom stereocenters. The third kappa shape index (κ3) is 6.48. The summed E-state index contributed by atoms with van der Waals surface area (Å²) >= 11 is 6.44. The second kappa shape index (κ2) is 12.6. The maximum absolute atomic E-state index is 13.8. The van der Waals surface area contributed by atoms with Gasteiger partial charge >= 0.3 is 6.18 Å². The smallest absolute Gasteiger partial charge is 0.386 e. The molecule has 5 heterocycles. The lowest BCUT2D eigenvalue weighted by molar-refractivity contribution is -0.895. The number of piperazine rings is 1. The van der Waals surface area contributed by atoms with Gasteiger partial charge in [-0.15, -0.1) is 0 Å². The van der Waals surface area contributed by atoms with Crippen LogP contribution in [0.2, 0.25) is 5.02 Å². The van der Waals surface area contributed by atoms with Crippen LogP contribution >= 0.6 is 11.6 Å². The fraction of sp³-hybridized carbons (Fsp3) is 0.367. The number of carbonyl (C=O) groups excluding carboxylic acids is 3. The number of aliphatic hydroxyl groups is 1. The monoisotopic (exact) mass is 687 g/mol. The number of amides is 3. The van der Waals surface area contributed by atoms with Crippen LogP contribution in [0.25, 0.3) is 17.2 Å². The van der Waals surface area contributed by atoms with Gasteiger partial charge in [-0.1, -0.05) is 11.6 Å². The third-order valence-electron chi connectivity index (χ3n) is 8.53. The summed E-state index contributed by atoms with van der Waals surface area (Å²) in [5.41, 5.74) is -1.29. The number of nitrogens with zero attached hydrogens (tertiary/aromatic N) is 8. The highest BCUT2D eigenvalue weighted by molar-refractivity contribution is 6.34. The van der Waals surface area contributed by atoms with Gasteiger partial charge in [0.2, 0.25) is 5.95 Å². The Bertz CT molecular complexity index is 1850. The van der Waals surface area contributed by atoms with Gasteiger partial charge in [-0.25, -0.2) is 19.6 Å². The maximum Gasteiger partial charge on any atom is 0.435 e. The number of nitrogens with one attached hydrogen (secondary N) is 2. The van der Waals surface area contributed by atoms with Gasteiger partial charge in [0.05, 0.1) is 48.7 Å². The number of benzene rings is 1. The Morgan fingerprint density at radius 3 is 2.38 bits per heavy atom. The number of H-pyrrole nitrogens is 1. The van der Waals surface area contributed by atoms with Gasteiger partial charge in [0.25, 0.3) is 17.7 Å². The lowest BCUT2D eigenvalue weighted by Gasteiger charge is -2.39. The Kier molecular flexibility index (Phi) is 8.69. The molecule has 48 heavy (non-hydrogen) atoms. The molecule has 252 valence electrons. The Morgan fingerprint density at radius 2 is 1.75 bits per heavy atom. The number of aliphatic hydroxyl groups excluding tert-OH is 1. The molecule has 2 aliphatic rings. The summed E-state index contributed by atoms with van der Waals surface area (Å²) in [6.07, 6.45) is -0.0867. The molecular weight excluding hydrogens is 657 g/mol. The van der Waals surface area contributed by atoms with Crippen molar-refractivity contribution in [2.24, 2.45) is 0 Å². The van der Waals surface area contributed by atoms with Crippen LogP contribution in [0.15, 0.2) is 49.1 Å². The van der Waals surface area contributed by atoms with Gasteiger partial charge in [-0.3, -0.25) is 14.4 Å². The molecule has 14 nitrogen and oxygen atoms in total. The second-order valence-electron chi connectivity index (χ2n) is 12.1. The van der Waals surface area contributed by atoms with Crippen LogP contribution in [0.1, 0.15) is 33.1 Å². The van der Waals surface area contributed by atoms with Crippen molar-refractivity contribution in [1.82, 2.24) is 39.5 Å². The van der Waals surface area contributed by atoms with E-state index in [1.807, 2.05) is 14.1 Å². The largest absolute Gasteiger partial charge is 0.435 e. The summed E-state index contributed by atoms with van der Waals surface area (Å²) in [6, 6.07) is 5.27. The summed E-state index contributed by atoms with van der Waals surface area (Å²) in [5, 5.41) is 16.6. The molecule has 18 heteroatoms. The van der Waals surface area contributed by atoms with E-state index < -0.39 is 29.9 Å². The van der Waals surface area contributed by atoms with Crippen molar-refractivity contribution in [3.63, 3.8) is 0 Å². The number of aromatic amines is 1. The lowest BCUT2D eigenvalue weighted by atomic mass is 10.1. The molecule has 0 unspecified atom stereocenters. The number of alkyl halides is 3. The third-order valence-corrected chi connectivity index (χ3v) is 8.84. The van der Waals surface area contributed by atoms with E-state index in [9.17, 15) is 32.7 Å². The molecule has 6 rings (SSSR count). The van der Waals surface area contributed by atoms with Crippen molar-refractivity contribution < 1.29 is 37.1 Å². The number of imidazole rings is 1. The second-order valence-corrected chi connectivity index (χ2v) is 12.5. The molecular formula is C30H31ClF3N10O4+. The highest BCUT2D eigenvalue weighted by atomic mass is 35.5. The van der Waals surface area contributed by atoms with Gasteiger partial charge in [-0.05, 0) is 24.3 Å². The topological polar surface area (TPSA) is 162 Å². The average Bonchev–Trinajstić information content (AvgIpc) is 3.78. The molecule has 3 N–H and O–H groups in total. The van der Waals surface area contributed by atoms with Gasteiger partial charge in [0.1, 0.15) is 6.10 Å². The Balaban J connectivity index is 1.10. The minimum Gasteiger partial charge on any atom is -0.386 e. The van der Waals surface area contributed by atoms with Gasteiger partial charge in [0.15, 0.2) is 17.6 Å². The number of carbonyl (C=O) groups is 3. The van der Waals surface area contributed by atoms with Crippen molar-refractivity contribution in [3.8, 4) is 17.2 Å². The lowest BCUT2D eigenvalue weighted by Crippen LogP contribution is -2.60.